The van der Waals surface area contributed by atoms with Crippen molar-refractivity contribution < 1.29 is 14.3 Å². The van der Waals surface area contributed by atoms with Gasteiger partial charge >= 0.3 is 0 Å². The number of ether oxygens (including phenoxy) is 2. The van der Waals surface area contributed by atoms with Gasteiger partial charge < -0.3 is 25.0 Å². The van der Waals surface area contributed by atoms with Crippen molar-refractivity contribution in [2.45, 2.75) is 32.8 Å². The smallest absolute Gasteiger partial charge is 0.227 e. The molecule has 1 amide bonds. The van der Waals surface area contributed by atoms with E-state index in [1.54, 1.807) is 20.5 Å². The minimum absolute atomic E-state index is 0.134. The highest BCUT2D eigenvalue weighted by atomic mass is 16.5. The Bertz CT molecular complexity index is 1320. The van der Waals surface area contributed by atoms with Crippen molar-refractivity contribution in [2.24, 2.45) is 5.92 Å². The Morgan fingerprint density at radius 3 is 2.45 bits per heavy atom. The molecule has 0 spiro atoms. The quantitative estimate of drug-likeness (QED) is 0.313. The van der Waals surface area contributed by atoms with Crippen LogP contribution in [-0.2, 0) is 9.53 Å². The number of amides is 1. The van der Waals surface area contributed by atoms with Crippen LogP contribution in [0.15, 0.2) is 60.9 Å². The fraction of sp³-hybridized carbons (Fsp3) is 0.357. The van der Waals surface area contributed by atoms with Gasteiger partial charge in [0.2, 0.25) is 5.91 Å². The normalized spacial score (nSPS) is 14.4. The number of carbonyl (C=O) groups excluding carboxylic acids is 1. The van der Waals surface area contributed by atoms with Crippen LogP contribution in [-0.4, -0.2) is 59.5 Å². The number of nitrogens with zero attached hydrogens (tertiary/aromatic N) is 4. The van der Waals surface area contributed by atoms with Gasteiger partial charge in [0.15, 0.2) is 5.82 Å². The molecule has 3 heterocycles. The molecule has 10 heteroatoms. The van der Waals surface area contributed by atoms with Crippen LogP contribution in [0.2, 0.25) is 0 Å². The molecule has 0 atom stereocenters. The van der Waals surface area contributed by atoms with Gasteiger partial charge in [-0.3, -0.25) is 9.89 Å². The Morgan fingerprint density at radius 1 is 1.03 bits per heavy atom. The van der Waals surface area contributed by atoms with Crippen molar-refractivity contribution in [3.05, 3.63) is 60.9 Å². The van der Waals surface area contributed by atoms with Crippen molar-refractivity contribution in [1.29, 1.82) is 0 Å². The van der Waals surface area contributed by atoms with Gasteiger partial charge in [0, 0.05) is 43.3 Å². The summed E-state index contributed by atoms with van der Waals surface area (Å²) in [6, 6.07) is 17.3. The highest BCUT2D eigenvalue weighted by molar-refractivity contribution is 5.94. The number of nitrogens with one attached hydrogen (secondary N) is 3. The standard InChI is InChI=1S/C15H16N6O.C11H13NO2.C2H6/c1-22-10-7-21(8-10)14-6-13(16-9-17-14)18-15-11-4-2-3-5-12(11)19-20-15;1-14-10-6-4-9(5-7-10)12-11(13)8-2-3-8;1-2/h2-6,9-10H,7-8H2,1H3,(H2,16,17,18,19,20);4-8H,2-3H2,1H3,(H,12,13);1-2H3. The largest absolute Gasteiger partial charge is 0.497 e. The number of benzene rings is 2. The van der Waals surface area contributed by atoms with E-state index in [1.165, 1.54) is 0 Å². The van der Waals surface area contributed by atoms with E-state index in [4.69, 9.17) is 9.47 Å². The molecular formula is C28H35N7O3. The van der Waals surface area contributed by atoms with E-state index in [1.807, 2.05) is 68.4 Å². The number of aromatic nitrogens is 4. The molecule has 38 heavy (non-hydrogen) atoms. The van der Waals surface area contributed by atoms with Crippen LogP contribution in [0.3, 0.4) is 0 Å². The second-order valence-corrected chi connectivity index (χ2v) is 8.76. The average molecular weight is 518 g/mol. The number of H-pyrrole nitrogens is 1. The van der Waals surface area contributed by atoms with E-state index >= 15 is 0 Å². The number of hydrogen-bond donors (Lipinski definition) is 3. The van der Waals surface area contributed by atoms with Gasteiger partial charge in [0.05, 0.1) is 18.7 Å². The Kier molecular flexibility index (Phi) is 9.10. The minimum atomic E-state index is 0.134. The molecule has 1 saturated carbocycles. The first kappa shape index (κ1) is 26.9. The third kappa shape index (κ3) is 6.77. The summed E-state index contributed by atoms with van der Waals surface area (Å²) in [5.74, 6) is 3.56. The first-order valence-corrected chi connectivity index (χ1v) is 12.9. The lowest BCUT2D eigenvalue weighted by molar-refractivity contribution is -0.117. The summed E-state index contributed by atoms with van der Waals surface area (Å²) in [5, 5.41) is 14.4. The van der Waals surface area contributed by atoms with E-state index in [0.29, 0.717) is 6.10 Å². The fourth-order valence-corrected chi connectivity index (χ4v) is 3.81. The predicted molar refractivity (Wildman–Crippen MR) is 150 cm³/mol. The highest BCUT2D eigenvalue weighted by Gasteiger charge is 2.29. The van der Waals surface area contributed by atoms with Crippen LogP contribution < -0.4 is 20.3 Å². The fourth-order valence-electron chi connectivity index (χ4n) is 3.81. The topological polar surface area (TPSA) is 117 Å². The third-order valence-corrected chi connectivity index (χ3v) is 6.18. The summed E-state index contributed by atoms with van der Waals surface area (Å²) in [4.78, 5) is 22.1. The zero-order chi connectivity index (χ0) is 26.9. The second kappa shape index (κ2) is 12.9. The summed E-state index contributed by atoms with van der Waals surface area (Å²) >= 11 is 0. The second-order valence-electron chi connectivity index (χ2n) is 8.76. The molecular weight excluding hydrogens is 482 g/mol. The first-order valence-electron chi connectivity index (χ1n) is 12.9. The van der Waals surface area contributed by atoms with Crippen LogP contribution in [0.4, 0.5) is 23.1 Å². The molecule has 1 saturated heterocycles. The molecule has 4 aromatic rings. The summed E-state index contributed by atoms with van der Waals surface area (Å²) in [6.07, 6.45) is 3.91. The maximum atomic E-state index is 11.4. The van der Waals surface area contributed by atoms with Gasteiger partial charge in [-0.25, -0.2) is 9.97 Å². The van der Waals surface area contributed by atoms with Crippen molar-refractivity contribution >= 4 is 40.0 Å². The van der Waals surface area contributed by atoms with Crippen LogP contribution in [0.5, 0.6) is 5.75 Å². The van der Waals surface area contributed by atoms with E-state index < -0.39 is 0 Å². The Hall–Kier alpha value is -4.18. The molecule has 6 rings (SSSR count). The van der Waals surface area contributed by atoms with E-state index in [-0.39, 0.29) is 11.8 Å². The third-order valence-electron chi connectivity index (χ3n) is 6.18. The van der Waals surface area contributed by atoms with Crippen LogP contribution in [0.25, 0.3) is 10.9 Å². The number of rotatable bonds is 7. The maximum absolute atomic E-state index is 11.4. The number of aromatic amines is 1. The van der Waals surface area contributed by atoms with Crippen LogP contribution in [0.1, 0.15) is 26.7 Å². The van der Waals surface area contributed by atoms with Crippen LogP contribution in [0, 0.1) is 5.92 Å². The zero-order valence-corrected chi connectivity index (χ0v) is 22.3. The lowest BCUT2D eigenvalue weighted by Crippen LogP contribution is -2.52. The number of methoxy groups -OCH3 is 2. The number of carbonyl (C=O) groups is 1. The van der Waals surface area contributed by atoms with Gasteiger partial charge in [-0.1, -0.05) is 26.0 Å². The van der Waals surface area contributed by atoms with Gasteiger partial charge in [-0.15, -0.1) is 0 Å². The van der Waals surface area contributed by atoms with Crippen molar-refractivity contribution in [1.82, 2.24) is 20.2 Å². The molecule has 200 valence electrons. The molecule has 2 aromatic heterocycles. The SMILES string of the molecule is CC.COC1CN(c2cc(Nc3n[nH]c4ccccc34)ncn2)C1.COc1ccc(NC(=O)C2CC2)cc1. The molecule has 2 aromatic carbocycles. The summed E-state index contributed by atoms with van der Waals surface area (Å²) in [7, 11) is 3.36. The van der Waals surface area contributed by atoms with Gasteiger partial charge in [0.1, 0.15) is 23.7 Å². The molecule has 1 aliphatic carbocycles. The Morgan fingerprint density at radius 2 is 1.76 bits per heavy atom. The maximum Gasteiger partial charge on any atom is 0.227 e. The Labute approximate surface area is 222 Å². The number of para-hydroxylation sites is 1. The monoisotopic (exact) mass is 517 g/mol. The Balaban J connectivity index is 0.000000182. The van der Waals surface area contributed by atoms with Crippen molar-refractivity contribution in [3.8, 4) is 5.75 Å². The number of fused-ring (bicyclic) bond motifs is 1. The molecule has 0 radical (unpaired) electrons. The van der Waals surface area contributed by atoms with Gasteiger partial charge in [-0.05, 0) is 49.2 Å². The minimum Gasteiger partial charge on any atom is -0.497 e. The van der Waals surface area contributed by atoms with E-state index in [9.17, 15) is 4.79 Å². The lowest BCUT2D eigenvalue weighted by atomic mass is 10.1. The predicted octanol–water partition coefficient (Wildman–Crippen LogP) is 5.00. The highest BCUT2D eigenvalue weighted by Crippen LogP contribution is 2.30. The molecule has 1 aliphatic heterocycles. The molecule has 2 fully saturated rings. The summed E-state index contributed by atoms with van der Waals surface area (Å²) in [5.41, 5.74) is 1.83. The van der Waals surface area contributed by atoms with Crippen molar-refractivity contribution in [2.75, 3.05) is 42.8 Å². The summed E-state index contributed by atoms with van der Waals surface area (Å²) in [6.45, 7) is 5.72. The first-order chi connectivity index (χ1) is 18.6. The van der Waals surface area contributed by atoms with Crippen molar-refractivity contribution in [3.63, 3.8) is 0 Å². The average Bonchev–Trinajstić information content (AvgIpc) is 3.72. The molecule has 2 aliphatic rings. The van der Waals surface area contributed by atoms with E-state index in [0.717, 1.165) is 65.7 Å². The van der Waals surface area contributed by atoms with Gasteiger partial charge in [0.25, 0.3) is 0 Å². The summed E-state index contributed by atoms with van der Waals surface area (Å²) < 4.78 is 10.3. The number of hydrogen-bond acceptors (Lipinski definition) is 8. The molecule has 0 bridgehead atoms. The lowest BCUT2D eigenvalue weighted by Gasteiger charge is -2.38. The molecule has 3 N–H and O–H groups in total. The zero-order valence-electron chi connectivity index (χ0n) is 22.3. The van der Waals surface area contributed by atoms with E-state index in [2.05, 4.69) is 35.7 Å². The van der Waals surface area contributed by atoms with Crippen LogP contribution >= 0.6 is 0 Å². The molecule has 10 nitrogen and oxygen atoms in total. The number of anilines is 4. The molecule has 0 unspecified atom stereocenters. The van der Waals surface area contributed by atoms with Gasteiger partial charge in [-0.2, -0.15) is 5.10 Å².